The van der Waals surface area contributed by atoms with Crippen molar-refractivity contribution in [2.45, 2.75) is 12.3 Å². The van der Waals surface area contributed by atoms with Crippen LogP contribution in [0.25, 0.3) is 0 Å². The molecule has 96 valence electrons. The van der Waals surface area contributed by atoms with Crippen LogP contribution >= 0.6 is 0 Å². The number of ether oxygens (including phenoxy) is 1. The maximum Gasteiger partial charge on any atom is 0.419 e. The van der Waals surface area contributed by atoms with Crippen molar-refractivity contribution in [2.75, 3.05) is 20.2 Å². The first-order chi connectivity index (χ1) is 7.95. The molecule has 0 amide bonds. The topological polar surface area (TPSA) is 41.5 Å². The van der Waals surface area contributed by atoms with E-state index in [1.807, 2.05) is 0 Å². The highest BCUT2D eigenvalue weighted by Gasteiger charge is 2.34. The van der Waals surface area contributed by atoms with Crippen LogP contribution in [0.2, 0.25) is 0 Å². The number of alkyl halides is 3. The zero-order valence-electron chi connectivity index (χ0n) is 9.29. The number of likely N-dealkylation sites (N-methyl/N-ethyl adjacent to an activating group) is 1. The molecule has 3 nitrogen and oxygen atoms in total. The van der Waals surface area contributed by atoms with E-state index in [-0.39, 0.29) is 18.9 Å². The van der Waals surface area contributed by atoms with Gasteiger partial charge in [0.2, 0.25) is 0 Å². The summed E-state index contributed by atoms with van der Waals surface area (Å²) in [6.07, 6.45) is -5.30. The van der Waals surface area contributed by atoms with E-state index in [2.05, 4.69) is 5.32 Å². The monoisotopic (exact) mass is 249 g/mol. The molecule has 0 aliphatic heterocycles. The van der Waals surface area contributed by atoms with E-state index >= 15 is 0 Å². The van der Waals surface area contributed by atoms with E-state index in [9.17, 15) is 18.3 Å². The summed E-state index contributed by atoms with van der Waals surface area (Å²) in [4.78, 5) is 0. The highest BCUT2D eigenvalue weighted by molar-refractivity contribution is 5.35. The quantitative estimate of drug-likeness (QED) is 0.834. The molecule has 0 aliphatic carbocycles. The summed E-state index contributed by atoms with van der Waals surface area (Å²) in [7, 11) is 1.63. The van der Waals surface area contributed by atoms with Gasteiger partial charge in [-0.05, 0) is 19.2 Å². The van der Waals surface area contributed by atoms with Crippen molar-refractivity contribution in [1.82, 2.24) is 5.32 Å². The fourth-order valence-electron chi connectivity index (χ4n) is 1.31. The second kappa shape index (κ2) is 5.88. The lowest BCUT2D eigenvalue weighted by Gasteiger charge is -2.16. The van der Waals surface area contributed by atoms with E-state index in [4.69, 9.17) is 4.74 Å². The first kappa shape index (κ1) is 13.8. The van der Waals surface area contributed by atoms with Crippen LogP contribution in [-0.2, 0) is 6.18 Å². The minimum absolute atomic E-state index is 0.187. The van der Waals surface area contributed by atoms with Crippen LogP contribution in [0.15, 0.2) is 24.3 Å². The van der Waals surface area contributed by atoms with Crippen LogP contribution in [0.3, 0.4) is 0 Å². The Morgan fingerprint density at radius 3 is 2.59 bits per heavy atom. The number of aliphatic hydroxyl groups is 1. The first-order valence-electron chi connectivity index (χ1n) is 5.07. The lowest BCUT2D eigenvalue weighted by atomic mass is 10.2. The Hall–Kier alpha value is -1.27. The largest absolute Gasteiger partial charge is 0.490 e. The highest BCUT2D eigenvalue weighted by atomic mass is 19.4. The van der Waals surface area contributed by atoms with Crippen molar-refractivity contribution in [3.8, 4) is 5.75 Å². The smallest absolute Gasteiger partial charge is 0.419 e. The minimum Gasteiger partial charge on any atom is -0.490 e. The van der Waals surface area contributed by atoms with Crippen molar-refractivity contribution in [3.05, 3.63) is 29.8 Å². The molecule has 0 aliphatic rings. The van der Waals surface area contributed by atoms with Crippen LogP contribution in [0, 0.1) is 0 Å². The Balaban J connectivity index is 2.71. The predicted octanol–water partition coefficient (Wildman–Crippen LogP) is 1.66. The summed E-state index contributed by atoms with van der Waals surface area (Å²) in [6.45, 7) is 0.0715. The van der Waals surface area contributed by atoms with Gasteiger partial charge >= 0.3 is 6.18 Å². The van der Waals surface area contributed by atoms with Crippen molar-refractivity contribution < 1.29 is 23.0 Å². The van der Waals surface area contributed by atoms with Gasteiger partial charge in [-0.25, -0.2) is 0 Å². The maximum atomic E-state index is 12.6. The zero-order chi connectivity index (χ0) is 12.9. The van der Waals surface area contributed by atoms with Gasteiger partial charge in [-0.1, -0.05) is 12.1 Å². The summed E-state index contributed by atoms with van der Waals surface area (Å²) >= 11 is 0. The highest BCUT2D eigenvalue weighted by Crippen LogP contribution is 2.35. The first-order valence-corrected chi connectivity index (χ1v) is 5.07. The number of hydrogen-bond donors (Lipinski definition) is 2. The summed E-state index contributed by atoms with van der Waals surface area (Å²) < 4.78 is 42.7. The summed E-state index contributed by atoms with van der Waals surface area (Å²) in [5.74, 6) is -0.268. The summed E-state index contributed by atoms with van der Waals surface area (Å²) in [6, 6.07) is 4.92. The van der Waals surface area contributed by atoms with Crippen LogP contribution < -0.4 is 10.1 Å². The fraction of sp³-hybridized carbons (Fsp3) is 0.455. The number of benzene rings is 1. The molecule has 0 radical (unpaired) electrons. The van der Waals surface area contributed by atoms with Crippen LogP contribution in [0.5, 0.6) is 5.75 Å². The minimum atomic E-state index is -4.45. The number of aliphatic hydroxyl groups excluding tert-OH is 1. The molecule has 0 bridgehead atoms. The number of nitrogens with one attached hydrogen (secondary N) is 1. The maximum absolute atomic E-state index is 12.6. The Morgan fingerprint density at radius 1 is 1.35 bits per heavy atom. The van der Waals surface area contributed by atoms with E-state index in [0.717, 1.165) is 6.07 Å². The number of para-hydroxylation sites is 1. The van der Waals surface area contributed by atoms with E-state index in [1.54, 1.807) is 7.05 Å². The van der Waals surface area contributed by atoms with Gasteiger partial charge in [-0.2, -0.15) is 13.2 Å². The molecule has 1 rings (SSSR count). The van der Waals surface area contributed by atoms with Gasteiger partial charge in [-0.3, -0.25) is 0 Å². The van der Waals surface area contributed by atoms with E-state index in [0.29, 0.717) is 0 Å². The molecule has 1 aromatic carbocycles. The summed E-state index contributed by atoms with van der Waals surface area (Å²) in [5, 5.41) is 12.0. The fourth-order valence-corrected chi connectivity index (χ4v) is 1.31. The average Bonchev–Trinajstić information content (AvgIpc) is 2.26. The van der Waals surface area contributed by atoms with Gasteiger partial charge in [0.05, 0.1) is 5.56 Å². The van der Waals surface area contributed by atoms with Crippen molar-refractivity contribution in [1.29, 1.82) is 0 Å². The van der Waals surface area contributed by atoms with Gasteiger partial charge in [0.1, 0.15) is 18.5 Å². The van der Waals surface area contributed by atoms with Crippen LogP contribution in [0.4, 0.5) is 13.2 Å². The molecule has 1 aromatic rings. The number of hydrogen-bond acceptors (Lipinski definition) is 3. The van der Waals surface area contributed by atoms with E-state index in [1.165, 1.54) is 18.2 Å². The second-order valence-electron chi connectivity index (χ2n) is 3.52. The Labute approximate surface area is 97.2 Å². The predicted molar refractivity (Wildman–Crippen MR) is 56.9 cm³/mol. The molecule has 0 saturated heterocycles. The van der Waals surface area contributed by atoms with Crippen molar-refractivity contribution in [3.63, 3.8) is 0 Å². The molecular formula is C11H14F3NO2. The lowest BCUT2D eigenvalue weighted by Crippen LogP contribution is -2.29. The molecule has 0 aromatic heterocycles. The molecule has 0 unspecified atom stereocenters. The Kier molecular flexibility index (Phi) is 4.77. The third-order valence-electron chi connectivity index (χ3n) is 2.06. The zero-order valence-corrected chi connectivity index (χ0v) is 9.29. The van der Waals surface area contributed by atoms with Crippen molar-refractivity contribution >= 4 is 0 Å². The van der Waals surface area contributed by atoms with Gasteiger partial charge in [0.15, 0.2) is 0 Å². The van der Waals surface area contributed by atoms with Gasteiger partial charge < -0.3 is 15.2 Å². The van der Waals surface area contributed by atoms with Crippen LogP contribution in [0.1, 0.15) is 5.56 Å². The number of rotatable bonds is 5. The van der Waals surface area contributed by atoms with Crippen LogP contribution in [-0.4, -0.2) is 31.4 Å². The normalized spacial score (nSPS) is 13.5. The standard InChI is InChI=1S/C11H14F3NO2/c1-15-6-8(16)7-17-10-5-3-2-4-9(10)11(12,13)14/h2-5,8,15-16H,6-7H2,1H3/t8-/m0/s1. The van der Waals surface area contributed by atoms with E-state index < -0.39 is 17.8 Å². The molecule has 0 fully saturated rings. The van der Waals surface area contributed by atoms with Gasteiger partial charge in [0, 0.05) is 6.54 Å². The third-order valence-corrected chi connectivity index (χ3v) is 2.06. The average molecular weight is 249 g/mol. The molecule has 17 heavy (non-hydrogen) atoms. The Morgan fingerprint density at radius 2 is 2.00 bits per heavy atom. The molecular weight excluding hydrogens is 235 g/mol. The summed E-state index contributed by atoms with van der Waals surface area (Å²) in [5.41, 5.74) is -0.836. The Bertz CT molecular complexity index is 355. The number of halogens is 3. The lowest BCUT2D eigenvalue weighted by molar-refractivity contribution is -0.139. The third kappa shape index (κ3) is 4.24. The SMILES string of the molecule is CNC[C@H](O)COc1ccccc1C(F)(F)F. The molecule has 2 N–H and O–H groups in total. The van der Waals surface area contributed by atoms with Gasteiger partial charge in [-0.15, -0.1) is 0 Å². The molecule has 6 heteroatoms. The van der Waals surface area contributed by atoms with Crippen molar-refractivity contribution in [2.24, 2.45) is 0 Å². The second-order valence-corrected chi connectivity index (χ2v) is 3.52. The molecule has 0 heterocycles. The molecule has 0 saturated carbocycles. The molecule has 1 atom stereocenters. The van der Waals surface area contributed by atoms with Gasteiger partial charge in [0.25, 0.3) is 0 Å². The molecule has 0 spiro atoms.